The molecule has 14 heteroatoms. The van der Waals surface area contributed by atoms with Gasteiger partial charge in [0.15, 0.2) is 0 Å². The Balaban J connectivity index is 0.000000224. The highest BCUT2D eigenvalue weighted by molar-refractivity contribution is 6.19. The van der Waals surface area contributed by atoms with Crippen molar-refractivity contribution < 1.29 is 31.8 Å². The number of pyridine rings is 1. The van der Waals surface area contributed by atoms with Crippen LogP contribution in [0.5, 0.6) is 0 Å². The van der Waals surface area contributed by atoms with Crippen molar-refractivity contribution >= 4 is 34.9 Å². The molecule has 43 heavy (non-hydrogen) atoms. The molecule has 0 spiro atoms. The number of aliphatic imine (C=N–C) groups is 1. The lowest BCUT2D eigenvalue weighted by molar-refractivity contribution is -0.137. The molecule has 1 saturated heterocycles. The third kappa shape index (κ3) is 8.58. The van der Waals surface area contributed by atoms with E-state index in [0.29, 0.717) is 43.8 Å². The van der Waals surface area contributed by atoms with E-state index in [1.165, 1.54) is 6.07 Å². The minimum Gasteiger partial charge on any atom is -0.406 e. The van der Waals surface area contributed by atoms with Crippen LogP contribution in [0.1, 0.15) is 36.2 Å². The fraction of sp³-hybridized carbons (Fsp3) is 0.276. The molecule has 228 valence electrons. The number of para-hydroxylation sites is 1. The first-order valence-corrected chi connectivity index (χ1v) is 13.2. The second-order valence-corrected chi connectivity index (χ2v) is 8.73. The average molecular weight is 602 g/mol. The number of nitrogens with zero attached hydrogens (tertiary/aromatic N) is 3. The number of rotatable bonds is 3. The predicted octanol–water partition coefficient (Wildman–Crippen LogP) is 4.81. The number of morpholine rings is 1. The summed E-state index contributed by atoms with van der Waals surface area (Å²) in [6.45, 7) is 5.44. The molecule has 3 heterocycles. The van der Waals surface area contributed by atoms with E-state index in [1.54, 1.807) is 17.0 Å². The number of benzodiazepines with no additional fused rings is 1. The van der Waals surface area contributed by atoms with Gasteiger partial charge in [-0.2, -0.15) is 13.2 Å². The van der Waals surface area contributed by atoms with Crippen LogP contribution in [0.25, 0.3) is 0 Å². The van der Waals surface area contributed by atoms with E-state index < -0.39 is 29.5 Å². The topological polar surface area (TPSA) is 150 Å². The van der Waals surface area contributed by atoms with E-state index in [0.717, 1.165) is 11.6 Å². The summed E-state index contributed by atoms with van der Waals surface area (Å²) in [6.07, 6.45) is -3.92. The largest absolute Gasteiger partial charge is 0.417 e. The first kappa shape index (κ1) is 32.7. The molecule has 1 aromatic heterocycles. The molecular formula is C29H31F4N7O3. The first-order chi connectivity index (χ1) is 20.5. The van der Waals surface area contributed by atoms with Crippen LogP contribution in [0.2, 0.25) is 0 Å². The van der Waals surface area contributed by atoms with Gasteiger partial charge < -0.3 is 25.4 Å². The molecule has 2 aliphatic heterocycles. The van der Waals surface area contributed by atoms with E-state index in [4.69, 9.17) is 21.3 Å². The fourth-order valence-corrected chi connectivity index (χ4v) is 4.09. The van der Waals surface area contributed by atoms with Crippen LogP contribution in [0.4, 0.5) is 28.9 Å². The molecule has 3 aromatic rings. The Labute approximate surface area is 245 Å². The normalized spacial score (nSPS) is 14.3. The van der Waals surface area contributed by atoms with Crippen molar-refractivity contribution in [2.24, 2.45) is 10.7 Å². The van der Waals surface area contributed by atoms with Crippen molar-refractivity contribution in [3.8, 4) is 0 Å². The summed E-state index contributed by atoms with van der Waals surface area (Å²) in [5.41, 5.74) is 6.42. The maximum Gasteiger partial charge on any atom is 0.417 e. The van der Waals surface area contributed by atoms with Crippen molar-refractivity contribution in [1.82, 2.24) is 4.98 Å². The standard InChI is InChI=1S/C15H11FN2O.C12H14F3N5O2.C2H6/c16-12-8-4-7-11-14(10-5-2-1-3-6-10)17-9-13(19)18-15(11)12;13-12(14,15)7-5-8(20-1-3-21-4-2-20)9(19-6-7)10(16)22-11(17)18;1-2/h1-8H,9H2,(H,18,19);5-6,16H,1-4H2,(H3,17,18);1-2H3. The second kappa shape index (κ2) is 14.9. The molecule has 10 nitrogen and oxygen atoms in total. The van der Waals surface area contributed by atoms with Crippen LogP contribution in [0.15, 0.2) is 65.8 Å². The predicted molar refractivity (Wildman–Crippen MR) is 155 cm³/mol. The smallest absolute Gasteiger partial charge is 0.406 e. The lowest BCUT2D eigenvalue weighted by Crippen LogP contribution is -2.38. The number of amides is 1. The summed E-state index contributed by atoms with van der Waals surface area (Å²) in [5.74, 6) is -1.34. The number of nitrogens with one attached hydrogen (secondary N) is 3. The summed E-state index contributed by atoms with van der Waals surface area (Å²) in [6, 6.07) is 14.3. The van der Waals surface area contributed by atoms with Gasteiger partial charge in [0.1, 0.15) is 18.1 Å². The minimum atomic E-state index is -4.55. The molecule has 0 unspecified atom stereocenters. The Bertz CT molecular complexity index is 1470. The number of alkyl halides is 3. The molecule has 0 radical (unpaired) electrons. The minimum absolute atomic E-state index is 0.00164. The van der Waals surface area contributed by atoms with Crippen LogP contribution >= 0.6 is 0 Å². The molecule has 2 aromatic carbocycles. The Hall–Kier alpha value is -4.85. The number of ether oxygens (including phenoxy) is 2. The van der Waals surface area contributed by atoms with Crippen LogP contribution in [-0.4, -0.2) is 61.4 Å². The van der Waals surface area contributed by atoms with Gasteiger partial charge in [-0.3, -0.25) is 20.6 Å². The van der Waals surface area contributed by atoms with Gasteiger partial charge in [-0.05, 0) is 12.1 Å². The van der Waals surface area contributed by atoms with E-state index in [9.17, 15) is 22.4 Å². The number of fused-ring (bicyclic) bond motifs is 1. The van der Waals surface area contributed by atoms with Gasteiger partial charge in [0.25, 0.3) is 6.02 Å². The van der Waals surface area contributed by atoms with Crippen LogP contribution in [0, 0.1) is 16.6 Å². The third-order valence-corrected chi connectivity index (χ3v) is 5.93. The molecule has 1 fully saturated rings. The number of hydrogen-bond acceptors (Lipinski definition) is 8. The maximum absolute atomic E-state index is 13.8. The maximum atomic E-state index is 13.8. The highest BCUT2D eigenvalue weighted by Gasteiger charge is 2.33. The number of hydrogen-bond donors (Lipinski definition) is 4. The summed E-state index contributed by atoms with van der Waals surface area (Å²) < 4.78 is 62.2. The van der Waals surface area contributed by atoms with E-state index >= 15 is 0 Å². The van der Waals surface area contributed by atoms with Crippen molar-refractivity contribution in [3.05, 3.63) is 89.0 Å². The number of carbonyl (C=O) groups excluding carboxylic acids is 1. The number of anilines is 2. The number of nitrogens with two attached hydrogens (primary N) is 1. The molecule has 5 N–H and O–H groups in total. The quantitative estimate of drug-likeness (QED) is 0.192. The number of carbonyl (C=O) groups is 1. The van der Waals surface area contributed by atoms with E-state index in [2.05, 4.69) is 20.0 Å². The summed E-state index contributed by atoms with van der Waals surface area (Å²) in [7, 11) is 0. The summed E-state index contributed by atoms with van der Waals surface area (Å²) in [4.78, 5) is 21.2. The van der Waals surface area contributed by atoms with Crippen LogP contribution < -0.4 is 16.0 Å². The number of benzene rings is 2. The summed E-state index contributed by atoms with van der Waals surface area (Å²) in [5, 5.41) is 17.3. The lowest BCUT2D eigenvalue weighted by Gasteiger charge is -2.30. The van der Waals surface area contributed by atoms with Gasteiger partial charge in [-0.1, -0.05) is 56.3 Å². The number of amidine groups is 1. The van der Waals surface area contributed by atoms with Gasteiger partial charge in [-0.25, -0.2) is 9.37 Å². The Kier molecular flexibility index (Phi) is 11.3. The molecular weight excluding hydrogens is 570 g/mol. The second-order valence-electron chi connectivity index (χ2n) is 8.73. The zero-order valence-electron chi connectivity index (χ0n) is 23.5. The third-order valence-electron chi connectivity index (χ3n) is 5.93. The first-order valence-electron chi connectivity index (χ1n) is 13.2. The van der Waals surface area contributed by atoms with Crippen molar-refractivity contribution in [3.63, 3.8) is 0 Å². The van der Waals surface area contributed by atoms with Gasteiger partial charge >= 0.3 is 6.18 Å². The lowest BCUT2D eigenvalue weighted by atomic mass is 10.0. The van der Waals surface area contributed by atoms with Gasteiger partial charge in [0.05, 0.1) is 35.9 Å². The van der Waals surface area contributed by atoms with Crippen molar-refractivity contribution in [1.29, 1.82) is 10.8 Å². The van der Waals surface area contributed by atoms with E-state index in [1.807, 2.05) is 44.2 Å². The Morgan fingerprint density at radius 2 is 1.74 bits per heavy atom. The Morgan fingerprint density at radius 1 is 1.07 bits per heavy atom. The molecule has 0 saturated carbocycles. The van der Waals surface area contributed by atoms with Crippen molar-refractivity contribution in [2.75, 3.05) is 43.1 Å². The van der Waals surface area contributed by atoms with E-state index in [-0.39, 0.29) is 29.5 Å². The van der Waals surface area contributed by atoms with Crippen LogP contribution in [-0.2, 0) is 20.4 Å². The van der Waals surface area contributed by atoms with Crippen LogP contribution in [0.3, 0.4) is 0 Å². The highest BCUT2D eigenvalue weighted by atomic mass is 19.4. The number of halogens is 4. The van der Waals surface area contributed by atoms with Crippen molar-refractivity contribution in [2.45, 2.75) is 20.0 Å². The zero-order chi connectivity index (χ0) is 31.6. The van der Waals surface area contributed by atoms with Gasteiger partial charge in [0.2, 0.25) is 11.8 Å². The molecule has 0 atom stereocenters. The molecule has 2 aliphatic rings. The molecule has 1 amide bonds. The Morgan fingerprint density at radius 3 is 2.37 bits per heavy atom. The average Bonchev–Trinajstić information content (AvgIpc) is 3.17. The molecule has 0 aliphatic carbocycles. The summed E-state index contributed by atoms with van der Waals surface area (Å²) >= 11 is 0. The number of aromatic nitrogens is 1. The SMILES string of the molecule is CC.N=C(N)OC(=N)c1ncc(C(F)(F)F)cc1N1CCOCC1.O=C1CN=C(c2ccccc2)c2cccc(F)c2N1. The monoisotopic (exact) mass is 601 g/mol. The molecule has 0 bridgehead atoms. The molecule has 5 rings (SSSR count). The van der Waals surface area contributed by atoms with Gasteiger partial charge in [-0.15, -0.1) is 0 Å². The zero-order valence-corrected chi connectivity index (χ0v) is 23.5. The fourth-order valence-electron chi connectivity index (χ4n) is 4.09. The highest BCUT2D eigenvalue weighted by Crippen LogP contribution is 2.33. The van der Waals surface area contributed by atoms with Gasteiger partial charge in [0, 0.05) is 30.4 Å².